The summed E-state index contributed by atoms with van der Waals surface area (Å²) >= 11 is 6.13. The van der Waals surface area contributed by atoms with Gasteiger partial charge in [0.15, 0.2) is 0 Å². The Bertz CT molecular complexity index is 1080. The summed E-state index contributed by atoms with van der Waals surface area (Å²) in [5.41, 5.74) is 2.05. The van der Waals surface area contributed by atoms with Gasteiger partial charge in [-0.15, -0.1) is 0 Å². The quantitative estimate of drug-likeness (QED) is 0.703. The third kappa shape index (κ3) is 3.90. The van der Waals surface area contributed by atoms with Crippen LogP contribution in [0.5, 0.6) is 5.75 Å². The number of aromatic amines is 1. The van der Waals surface area contributed by atoms with E-state index in [9.17, 15) is 14.3 Å². The fraction of sp³-hybridized carbons (Fsp3) is 0.286. The Hall–Kier alpha value is -2.41. The molecule has 0 aliphatic carbocycles. The molecule has 0 bridgehead atoms. The fourth-order valence-electron chi connectivity index (χ4n) is 3.54. The molecule has 2 aromatic carbocycles. The van der Waals surface area contributed by atoms with Gasteiger partial charge in [0, 0.05) is 41.8 Å². The Morgan fingerprint density at radius 2 is 2.11 bits per heavy atom. The van der Waals surface area contributed by atoms with Crippen LogP contribution in [0.15, 0.2) is 47.3 Å². The molecule has 0 spiro atoms. The standard InChI is InChI=1S/C21H20ClFN2O3/c1-12-5-13-6-14(21(27)24-18(13)8-17(12)22)9-25-10-19(26)20(11-25)28-16-4-2-3-15(23)7-16/h2-8,19-20,26H,9-11H2,1H3,(H,24,27). The lowest BCUT2D eigenvalue weighted by Gasteiger charge is -2.17. The van der Waals surface area contributed by atoms with Crippen LogP contribution >= 0.6 is 11.6 Å². The first kappa shape index (κ1) is 18.9. The SMILES string of the molecule is Cc1cc2cc(CN3CC(O)C(Oc4cccc(F)c4)C3)c(=O)[nH]c2cc1Cl. The molecule has 2 N–H and O–H groups in total. The van der Waals surface area contributed by atoms with Gasteiger partial charge in [-0.3, -0.25) is 9.69 Å². The highest BCUT2D eigenvalue weighted by Crippen LogP contribution is 2.24. The molecule has 2 atom stereocenters. The highest BCUT2D eigenvalue weighted by Gasteiger charge is 2.33. The van der Waals surface area contributed by atoms with Crippen LogP contribution < -0.4 is 10.3 Å². The molecule has 146 valence electrons. The lowest BCUT2D eigenvalue weighted by Crippen LogP contribution is -2.30. The Labute approximate surface area is 166 Å². The molecule has 2 unspecified atom stereocenters. The van der Waals surface area contributed by atoms with Crippen molar-refractivity contribution in [1.29, 1.82) is 0 Å². The number of β-amino-alcohol motifs (C(OH)–C–C–N with tert-alkyl or cyclic N) is 1. The van der Waals surface area contributed by atoms with Crippen LogP contribution in [0, 0.1) is 12.7 Å². The van der Waals surface area contributed by atoms with E-state index in [0.29, 0.717) is 41.5 Å². The number of nitrogens with zero attached hydrogens (tertiary/aromatic N) is 1. The number of ether oxygens (including phenoxy) is 1. The molecule has 0 saturated carbocycles. The van der Waals surface area contributed by atoms with Crippen molar-refractivity contribution in [3.05, 3.63) is 74.8 Å². The predicted molar refractivity (Wildman–Crippen MR) is 106 cm³/mol. The minimum atomic E-state index is -0.719. The first-order valence-corrected chi connectivity index (χ1v) is 9.41. The number of hydrogen-bond acceptors (Lipinski definition) is 4. The molecule has 5 nitrogen and oxygen atoms in total. The molecule has 1 aliphatic heterocycles. The van der Waals surface area contributed by atoms with E-state index >= 15 is 0 Å². The van der Waals surface area contributed by atoms with Gasteiger partial charge < -0.3 is 14.8 Å². The molecule has 0 amide bonds. The number of rotatable bonds is 4. The molecule has 2 heterocycles. The van der Waals surface area contributed by atoms with Gasteiger partial charge in [-0.25, -0.2) is 4.39 Å². The number of aryl methyl sites for hydroxylation is 1. The normalized spacial score (nSPS) is 20.0. The lowest BCUT2D eigenvalue weighted by atomic mass is 10.1. The number of aromatic nitrogens is 1. The van der Waals surface area contributed by atoms with E-state index < -0.39 is 12.2 Å². The number of pyridine rings is 1. The molecule has 0 radical (unpaired) electrons. The van der Waals surface area contributed by atoms with Crippen LogP contribution in [-0.2, 0) is 6.54 Å². The Morgan fingerprint density at radius 1 is 1.29 bits per heavy atom. The number of aliphatic hydroxyl groups excluding tert-OH is 1. The number of halogens is 2. The minimum Gasteiger partial charge on any atom is -0.486 e. The number of likely N-dealkylation sites (tertiary alicyclic amines) is 1. The topological polar surface area (TPSA) is 65.6 Å². The number of fused-ring (bicyclic) bond motifs is 1. The summed E-state index contributed by atoms with van der Waals surface area (Å²) in [4.78, 5) is 17.3. The van der Waals surface area contributed by atoms with Crippen molar-refractivity contribution in [2.24, 2.45) is 0 Å². The van der Waals surface area contributed by atoms with Crippen molar-refractivity contribution in [1.82, 2.24) is 9.88 Å². The van der Waals surface area contributed by atoms with Gasteiger partial charge in [-0.1, -0.05) is 17.7 Å². The summed E-state index contributed by atoms with van der Waals surface area (Å²) in [5, 5.41) is 11.8. The second-order valence-corrected chi connectivity index (χ2v) is 7.59. The molecule has 1 aromatic heterocycles. The zero-order valence-corrected chi connectivity index (χ0v) is 16.0. The van der Waals surface area contributed by atoms with E-state index in [1.807, 2.05) is 24.0 Å². The molecule has 28 heavy (non-hydrogen) atoms. The zero-order valence-electron chi connectivity index (χ0n) is 15.3. The largest absolute Gasteiger partial charge is 0.486 e. The average Bonchev–Trinajstić information content (AvgIpc) is 2.97. The van der Waals surface area contributed by atoms with Gasteiger partial charge in [-0.05, 0) is 48.2 Å². The van der Waals surface area contributed by atoms with Crippen LogP contribution in [0.25, 0.3) is 10.9 Å². The van der Waals surface area contributed by atoms with E-state index in [2.05, 4.69) is 4.98 Å². The molecule has 1 fully saturated rings. The highest BCUT2D eigenvalue weighted by atomic mass is 35.5. The van der Waals surface area contributed by atoms with E-state index in [-0.39, 0.29) is 11.4 Å². The van der Waals surface area contributed by atoms with Crippen molar-refractivity contribution < 1.29 is 14.2 Å². The van der Waals surface area contributed by atoms with E-state index in [1.54, 1.807) is 18.2 Å². The monoisotopic (exact) mass is 402 g/mol. The first-order valence-electron chi connectivity index (χ1n) is 9.04. The van der Waals surface area contributed by atoms with Gasteiger partial charge in [0.2, 0.25) is 0 Å². The Balaban J connectivity index is 1.51. The van der Waals surface area contributed by atoms with Gasteiger partial charge in [-0.2, -0.15) is 0 Å². The van der Waals surface area contributed by atoms with Crippen molar-refractivity contribution in [2.45, 2.75) is 25.7 Å². The highest BCUT2D eigenvalue weighted by molar-refractivity contribution is 6.32. The van der Waals surface area contributed by atoms with Gasteiger partial charge >= 0.3 is 0 Å². The number of hydrogen-bond donors (Lipinski definition) is 2. The third-order valence-electron chi connectivity index (χ3n) is 4.99. The van der Waals surface area contributed by atoms with Gasteiger partial charge in [0.05, 0.1) is 0 Å². The van der Waals surface area contributed by atoms with Crippen molar-refractivity contribution in [3.63, 3.8) is 0 Å². The molecular formula is C21H20ClFN2O3. The third-order valence-corrected chi connectivity index (χ3v) is 5.40. The van der Waals surface area contributed by atoms with Gasteiger partial charge in [0.1, 0.15) is 23.8 Å². The average molecular weight is 403 g/mol. The molecule has 1 aliphatic rings. The molecule has 1 saturated heterocycles. The van der Waals surface area contributed by atoms with E-state index in [0.717, 1.165) is 10.9 Å². The fourth-order valence-corrected chi connectivity index (χ4v) is 3.70. The summed E-state index contributed by atoms with van der Waals surface area (Å²) < 4.78 is 19.1. The maximum Gasteiger partial charge on any atom is 0.252 e. The molecule has 3 aromatic rings. The van der Waals surface area contributed by atoms with Gasteiger partial charge in [0.25, 0.3) is 5.56 Å². The number of aliphatic hydroxyl groups is 1. The maximum absolute atomic E-state index is 13.3. The van der Waals surface area contributed by atoms with Crippen LogP contribution in [0.2, 0.25) is 5.02 Å². The van der Waals surface area contributed by atoms with Crippen LogP contribution in [0.1, 0.15) is 11.1 Å². The minimum absolute atomic E-state index is 0.184. The number of benzene rings is 2. The maximum atomic E-state index is 13.3. The van der Waals surface area contributed by atoms with Crippen molar-refractivity contribution >= 4 is 22.5 Å². The van der Waals surface area contributed by atoms with Crippen LogP contribution in [0.4, 0.5) is 4.39 Å². The predicted octanol–water partition coefficient (Wildman–Crippen LogP) is 3.25. The summed E-state index contributed by atoms with van der Waals surface area (Å²) in [6.07, 6.45) is -1.20. The Kier molecular flexibility index (Phi) is 5.10. The molecule has 7 heteroatoms. The van der Waals surface area contributed by atoms with E-state index in [4.69, 9.17) is 16.3 Å². The van der Waals surface area contributed by atoms with Crippen LogP contribution in [0.3, 0.4) is 0 Å². The summed E-state index contributed by atoms with van der Waals surface area (Å²) in [6, 6.07) is 11.4. The smallest absolute Gasteiger partial charge is 0.252 e. The lowest BCUT2D eigenvalue weighted by molar-refractivity contribution is 0.0734. The first-order chi connectivity index (χ1) is 13.4. The number of nitrogens with one attached hydrogen (secondary N) is 1. The summed E-state index contributed by atoms with van der Waals surface area (Å²) in [6.45, 7) is 3.11. The Morgan fingerprint density at radius 3 is 2.89 bits per heavy atom. The second kappa shape index (κ2) is 7.54. The summed E-state index contributed by atoms with van der Waals surface area (Å²) in [5.74, 6) is -0.0123. The molecule has 4 rings (SSSR count). The second-order valence-electron chi connectivity index (χ2n) is 7.19. The summed E-state index contributed by atoms with van der Waals surface area (Å²) in [7, 11) is 0. The van der Waals surface area contributed by atoms with Crippen LogP contribution in [-0.4, -0.2) is 40.3 Å². The van der Waals surface area contributed by atoms with Crippen molar-refractivity contribution in [3.8, 4) is 5.75 Å². The number of H-pyrrole nitrogens is 1. The molecular weight excluding hydrogens is 383 g/mol. The van der Waals surface area contributed by atoms with Crippen molar-refractivity contribution in [2.75, 3.05) is 13.1 Å². The zero-order chi connectivity index (χ0) is 19.8. The van der Waals surface area contributed by atoms with E-state index in [1.165, 1.54) is 12.1 Å².